The predicted octanol–water partition coefficient (Wildman–Crippen LogP) is 6.26. The van der Waals surface area contributed by atoms with Crippen LogP contribution < -0.4 is 0 Å². The largest absolute Gasteiger partial charge is 0.469 e. The summed E-state index contributed by atoms with van der Waals surface area (Å²) < 4.78 is 4.77. The second kappa shape index (κ2) is 11.7. The molecule has 0 aromatic heterocycles. The molecular formula is C26H38O3. The van der Waals surface area contributed by atoms with Gasteiger partial charge in [-0.25, -0.2) is 0 Å². The van der Waals surface area contributed by atoms with Crippen LogP contribution >= 0.6 is 0 Å². The van der Waals surface area contributed by atoms with Crippen LogP contribution in [0.15, 0.2) is 48.6 Å². The number of allylic oxidation sites excluding steroid dienone is 4. The van der Waals surface area contributed by atoms with Crippen molar-refractivity contribution in [2.45, 2.75) is 73.1 Å². The van der Waals surface area contributed by atoms with E-state index in [9.17, 15) is 9.59 Å². The van der Waals surface area contributed by atoms with Gasteiger partial charge in [0.25, 0.3) is 0 Å². The van der Waals surface area contributed by atoms with E-state index in [1.807, 2.05) is 0 Å². The molecule has 0 aliphatic heterocycles. The van der Waals surface area contributed by atoms with Crippen LogP contribution in [0.1, 0.15) is 71.4 Å². The summed E-state index contributed by atoms with van der Waals surface area (Å²) in [5, 5.41) is 0. The van der Waals surface area contributed by atoms with E-state index in [-0.39, 0.29) is 22.6 Å². The van der Waals surface area contributed by atoms with Gasteiger partial charge < -0.3 is 9.53 Å². The van der Waals surface area contributed by atoms with Gasteiger partial charge >= 0.3 is 5.97 Å². The zero-order chi connectivity index (χ0) is 21.9. The SMILES string of the molecule is COC(=O)CC(C)(C)C/C=C/Cc1cccc(C/C=C/CC(C)(C)CC(C)=O)c1. The Labute approximate surface area is 177 Å². The van der Waals surface area contributed by atoms with Crippen LogP contribution in [0.5, 0.6) is 0 Å². The van der Waals surface area contributed by atoms with Crippen molar-refractivity contribution in [1.29, 1.82) is 0 Å². The lowest BCUT2D eigenvalue weighted by Crippen LogP contribution is -2.17. The summed E-state index contributed by atoms with van der Waals surface area (Å²) in [5.41, 5.74) is 2.51. The van der Waals surface area contributed by atoms with E-state index >= 15 is 0 Å². The lowest BCUT2D eigenvalue weighted by atomic mass is 9.84. The monoisotopic (exact) mass is 398 g/mol. The Morgan fingerprint density at radius 1 is 0.862 bits per heavy atom. The Morgan fingerprint density at radius 3 is 1.79 bits per heavy atom. The highest BCUT2D eigenvalue weighted by Gasteiger charge is 2.21. The molecule has 3 nitrogen and oxygen atoms in total. The molecule has 0 saturated heterocycles. The van der Waals surface area contributed by atoms with E-state index in [0.29, 0.717) is 12.8 Å². The molecule has 1 aromatic rings. The van der Waals surface area contributed by atoms with Crippen molar-refractivity contribution in [3.05, 3.63) is 59.7 Å². The van der Waals surface area contributed by atoms with Gasteiger partial charge in [-0.2, -0.15) is 0 Å². The molecule has 29 heavy (non-hydrogen) atoms. The zero-order valence-electron chi connectivity index (χ0n) is 19.1. The van der Waals surface area contributed by atoms with Crippen molar-refractivity contribution in [1.82, 2.24) is 0 Å². The Balaban J connectivity index is 2.51. The molecule has 160 valence electrons. The lowest BCUT2D eigenvalue weighted by Gasteiger charge is -2.20. The minimum atomic E-state index is -0.158. The predicted molar refractivity (Wildman–Crippen MR) is 121 cm³/mol. The first-order valence-electron chi connectivity index (χ1n) is 10.5. The van der Waals surface area contributed by atoms with Crippen molar-refractivity contribution in [3.8, 4) is 0 Å². The Kier molecular flexibility index (Phi) is 10.1. The smallest absolute Gasteiger partial charge is 0.306 e. The molecule has 0 aliphatic rings. The minimum absolute atomic E-state index is 0.0244. The second-order valence-corrected chi connectivity index (χ2v) is 9.54. The average Bonchev–Trinajstić information content (AvgIpc) is 2.61. The van der Waals surface area contributed by atoms with Crippen molar-refractivity contribution in [2.75, 3.05) is 7.11 Å². The quantitative estimate of drug-likeness (QED) is 0.308. The van der Waals surface area contributed by atoms with Crippen molar-refractivity contribution in [3.63, 3.8) is 0 Å². The summed E-state index contributed by atoms with van der Waals surface area (Å²) in [6.07, 6.45) is 13.3. The van der Waals surface area contributed by atoms with Crippen molar-refractivity contribution >= 4 is 11.8 Å². The minimum Gasteiger partial charge on any atom is -0.469 e. The number of rotatable bonds is 12. The zero-order valence-corrected chi connectivity index (χ0v) is 19.1. The average molecular weight is 399 g/mol. The molecule has 0 unspecified atom stereocenters. The molecule has 0 radical (unpaired) electrons. The fraction of sp³-hybridized carbons (Fsp3) is 0.538. The normalized spacial score (nSPS) is 12.6. The molecule has 0 aliphatic carbocycles. The van der Waals surface area contributed by atoms with E-state index in [1.165, 1.54) is 18.2 Å². The highest BCUT2D eigenvalue weighted by Crippen LogP contribution is 2.26. The van der Waals surface area contributed by atoms with Crippen LogP contribution in [0.3, 0.4) is 0 Å². The third-order valence-corrected chi connectivity index (χ3v) is 4.95. The molecule has 0 atom stereocenters. The van der Waals surface area contributed by atoms with Crippen LogP contribution in [0.2, 0.25) is 0 Å². The van der Waals surface area contributed by atoms with Crippen molar-refractivity contribution in [2.24, 2.45) is 10.8 Å². The fourth-order valence-corrected chi connectivity index (χ4v) is 3.41. The van der Waals surface area contributed by atoms with Gasteiger partial charge in [0.05, 0.1) is 13.5 Å². The van der Waals surface area contributed by atoms with Gasteiger partial charge in [0.15, 0.2) is 0 Å². The number of methoxy groups -OCH3 is 1. The second-order valence-electron chi connectivity index (χ2n) is 9.54. The number of Topliss-reactive ketones (excluding diaryl/α,β-unsaturated/α-hetero) is 1. The Morgan fingerprint density at radius 2 is 1.34 bits per heavy atom. The van der Waals surface area contributed by atoms with Gasteiger partial charge in [-0.15, -0.1) is 0 Å². The van der Waals surface area contributed by atoms with Gasteiger partial charge in [-0.3, -0.25) is 4.79 Å². The summed E-state index contributed by atoms with van der Waals surface area (Å²) in [6, 6.07) is 8.65. The fourth-order valence-electron chi connectivity index (χ4n) is 3.41. The van der Waals surface area contributed by atoms with Crippen LogP contribution in [0, 0.1) is 10.8 Å². The maximum absolute atomic E-state index is 11.5. The van der Waals surface area contributed by atoms with Crippen LogP contribution in [0.25, 0.3) is 0 Å². The molecule has 0 N–H and O–H groups in total. The van der Waals surface area contributed by atoms with Crippen LogP contribution in [0.4, 0.5) is 0 Å². The van der Waals surface area contributed by atoms with Gasteiger partial charge in [0.1, 0.15) is 5.78 Å². The molecule has 0 fully saturated rings. The van der Waals surface area contributed by atoms with E-state index in [1.54, 1.807) is 6.92 Å². The number of benzene rings is 1. The number of carbonyl (C=O) groups excluding carboxylic acids is 2. The number of ketones is 1. The number of hydrogen-bond acceptors (Lipinski definition) is 3. The van der Waals surface area contributed by atoms with Gasteiger partial charge in [-0.05, 0) is 54.6 Å². The van der Waals surface area contributed by atoms with Crippen molar-refractivity contribution < 1.29 is 14.3 Å². The van der Waals surface area contributed by atoms with Gasteiger partial charge in [0.2, 0.25) is 0 Å². The first-order chi connectivity index (χ1) is 13.5. The molecule has 3 heteroatoms. The molecule has 0 amide bonds. The number of esters is 1. The number of ether oxygens (including phenoxy) is 1. The maximum atomic E-state index is 11.5. The summed E-state index contributed by atoms with van der Waals surface area (Å²) in [7, 11) is 1.43. The van der Waals surface area contributed by atoms with E-state index in [4.69, 9.17) is 4.74 Å². The molecular weight excluding hydrogens is 360 g/mol. The molecule has 0 spiro atoms. The molecule has 1 rings (SSSR count). The summed E-state index contributed by atoms with van der Waals surface area (Å²) in [6.45, 7) is 10.1. The third kappa shape index (κ3) is 11.4. The molecule has 1 aromatic carbocycles. The van der Waals surface area contributed by atoms with E-state index in [2.05, 4.69) is 76.3 Å². The highest BCUT2D eigenvalue weighted by atomic mass is 16.5. The summed E-state index contributed by atoms with van der Waals surface area (Å²) in [4.78, 5) is 22.8. The standard InChI is InChI=1S/C26H38O3/c1-21(27)19-25(2,3)16-9-7-12-22-14-11-15-23(18-22)13-8-10-17-26(4,5)20-24(28)29-6/h7-11,14-15,18H,12-13,16-17,19-20H2,1-6H3/b9-7+,10-8+. The van der Waals surface area contributed by atoms with E-state index in [0.717, 1.165) is 25.7 Å². The first-order valence-corrected chi connectivity index (χ1v) is 10.5. The number of hydrogen-bond donors (Lipinski definition) is 0. The number of carbonyl (C=O) groups is 2. The maximum Gasteiger partial charge on any atom is 0.306 e. The van der Waals surface area contributed by atoms with Gasteiger partial charge in [0, 0.05) is 6.42 Å². The first kappa shape index (κ1) is 24.9. The molecule has 0 heterocycles. The van der Waals surface area contributed by atoms with Crippen LogP contribution in [-0.4, -0.2) is 18.9 Å². The van der Waals surface area contributed by atoms with E-state index < -0.39 is 0 Å². The lowest BCUT2D eigenvalue weighted by molar-refractivity contribution is -0.142. The summed E-state index contributed by atoms with van der Waals surface area (Å²) >= 11 is 0. The molecule has 0 bridgehead atoms. The molecule has 0 saturated carbocycles. The summed E-state index contributed by atoms with van der Waals surface area (Å²) in [5.74, 6) is 0.0895. The highest BCUT2D eigenvalue weighted by molar-refractivity contribution is 5.76. The topological polar surface area (TPSA) is 43.4 Å². The Hall–Kier alpha value is -2.16. The van der Waals surface area contributed by atoms with Gasteiger partial charge in [-0.1, -0.05) is 76.3 Å². The van der Waals surface area contributed by atoms with Crippen LogP contribution in [-0.2, 0) is 27.2 Å². The Bertz CT molecular complexity index is 723. The third-order valence-electron chi connectivity index (χ3n) is 4.95.